The number of nitrogens with two attached hydrogens (primary N) is 1. The number of nitrogens with one attached hydrogen (secondary N) is 1. The van der Waals surface area contributed by atoms with Gasteiger partial charge in [-0.1, -0.05) is 12.1 Å². The lowest BCUT2D eigenvalue weighted by atomic mass is 10.1. The zero-order valence-corrected chi connectivity index (χ0v) is 13.8. The fourth-order valence-electron chi connectivity index (χ4n) is 2.32. The average Bonchev–Trinajstić information content (AvgIpc) is 3.39. The summed E-state index contributed by atoms with van der Waals surface area (Å²) in [5, 5.41) is 15.9. The van der Waals surface area contributed by atoms with E-state index in [-0.39, 0.29) is 10.8 Å². The van der Waals surface area contributed by atoms with Gasteiger partial charge in [-0.2, -0.15) is 5.10 Å². The van der Waals surface area contributed by atoms with Crippen LogP contribution in [-0.4, -0.2) is 31.1 Å². The maximum atomic E-state index is 12.0. The van der Waals surface area contributed by atoms with Crippen LogP contribution >= 0.6 is 0 Å². The largest absolute Gasteiger partial charge is 0.350 e. The quantitative estimate of drug-likeness (QED) is 0.809. The molecule has 1 aromatic heterocycles. The molecule has 0 aliphatic heterocycles. The first-order valence-electron chi connectivity index (χ1n) is 7.67. The van der Waals surface area contributed by atoms with Crippen molar-refractivity contribution in [3.8, 4) is 0 Å². The van der Waals surface area contributed by atoms with Crippen molar-refractivity contribution >= 4 is 15.9 Å². The average molecular weight is 346 g/mol. The molecular formula is C16H18N4O3S. The SMILES string of the molecule is NS(=O)(=O)c1ccc(CCNC(=O)c2ccc(C3CC3)nn2)cc1. The summed E-state index contributed by atoms with van der Waals surface area (Å²) in [6, 6.07) is 9.80. The summed E-state index contributed by atoms with van der Waals surface area (Å²) in [5.74, 6) is 0.237. The number of sulfonamides is 1. The first kappa shape index (κ1) is 16.5. The number of nitrogens with zero attached hydrogens (tertiary/aromatic N) is 2. The van der Waals surface area contributed by atoms with E-state index in [1.165, 1.54) is 12.1 Å². The lowest BCUT2D eigenvalue weighted by Crippen LogP contribution is -2.26. The molecule has 0 unspecified atom stereocenters. The van der Waals surface area contributed by atoms with E-state index in [0.29, 0.717) is 24.6 Å². The van der Waals surface area contributed by atoms with E-state index >= 15 is 0 Å². The highest BCUT2D eigenvalue weighted by Crippen LogP contribution is 2.38. The Morgan fingerprint density at radius 3 is 2.38 bits per heavy atom. The molecule has 0 spiro atoms. The van der Waals surface area contributed by atoms with Crippen molar-refractivity contribution < 1.29 is 13.2 Å². The van der Waals surface area contributed by atoms with Gasteiger partial charge in [0, 0.05) is 12.5 Å². The van der Waals surface area contributed by atoms with E-state index in [4.69, 9.17) is 5.14 Å². The highest BCUT2D eigenvalue weighted by Gasteiger charge is 2.25. The number of aromatic nitrogens is 2. The summed E-state index contributed by atoms with van der Waals surface area (Å²) in [6.45, 7) is 0.416. The van der Waals surface area contributed by atoms with Crippen molar-refractivity contribution in [2.24, 2.45) is 5.14 Å². The van der Waals surface area contributed by atoms with E-state index in [2.05, 4.69) is 15.5 Å². The molecule has 1 heterocycles. The Kier molecular flexibility index (Phi) is 4.59. The second kappa shape index (κ2) is 6.66. The minimum Gasteiger partial charge on any atom is -0.350 e. The number of rotatable bonds is 6. The Bertz CT molecular complexity index is 829. The maximum Gasteiger partial charge on any atom is 0.271 e. The maximum absolute atomic E-state index is 12.0. The van der Waals surface area contributed by atoms with Gasteiger partial charge in [-0.3, -0.25) is 4.79 Å². The van der Waals surface area contributed by atoms with Crippen LogP contribution in [0.25, 0.3) is 0 Å². The number of benzene rings is 1. The summed E-state index contributed by atoms with van der Waals surface area (Å²) >= 11 is 0. The van der Waals surface area contributed by atoms with Crippen LogP contribution in [0.2, 0.25) is 0 Å². The van der Waals surface area contributed by atoms with Crippen LogP contribution in [0.1, 0.15) is 40.5 Å². The van der Waals surface area contributed by atoms with E-state index < -0.39 is 10.0 Å². The number of primary sulfonamides is 1. The molecule has 2 aromatic rings. The standard InChI is InChI=1S/C16H18N4O3S/c17-24(22,23)13-5-1-11(2-6-13)9-10-18-16(21)15-8-7-14(19-20-15)12-3-4-12/h1-2,5-8,12H,3-4,9-10H2,(H,18,21)(H2,17,22,23). The van der Waals surface area contributed by atoms with Gasteiger partial charge in [0.1, 0.15) is 0 Å². The molecule has 3 rings (SSSR count). The third kappa shape index (κ3) is 4.15. The van der Waals surface area contributed by atoms with Crippen molar-refractivity contribution in [3.63, 3.8) is 0 Å². The predicted molar refractivity (Wildman–Crippen MR) is 87.9 cm³/mol. The zero-order chi connectivity index (χ0) is 17.2. The monoisotopic (exact) mass is 346 g/mol. The Morgan fingerprint density at radius 2 is 1.83 bits per heavy atom. The van der Waals surface area contributed by atoms with Crippen LogP contribution in [0.3, 0.4) is 0 Å². The van der Waals surface area contributed by atoms with E-state index in [9.17, 15) is 13.2 Å². The molecule has 0 saturated heterocycles. The molecular weight excluding hydrogens is 328 g/mol. The van der Waals surface area contributed by atoms with Gasteiger partial charge in [0.2, 0.25) is 10.0 Å². The molecule has 8 heteroatoms. The zero-order valence-electron chi connectivity index (χ0n) is 13.0. The van der Waals surface area contributed by atoms with E-state index in [1.54, 1.807) is 18.2 Å². The Balaban J connectivity index is 1.51. The van der Waals surface area contributed by atoms with Gasteiger partial charge in [-0.05, 0) is 49.1 Å². The molecule has 0 bridgehead atoms. The van der Waals surface area contributed by atoms with E-state index in [0.717, 1.165) is 24.1 Å². The van der Waals surface area contributed by atoms with Gasteiger partial charge in [-0.15, -0.1) is 5.10 Å². The second-order valence-electron chi connectivity index (χ2n) is 5.81. The van der Waals surface area contributed by atoms with Crippen LogP contribution in [0.4, 0.5) is 0 Å². The number of hydrogen-bond donors (Lipinski definition) is 2. The van der Waals surface area contributed by atoms with Gasteiger partial charge < -0.3 is 5.32 Å². The third-order valence-corrected chi connectivity index (χ3v) is 4.79. The predicted octanol–water partition coefficient (Wildman–Crippen LogP) is 0.974. The highest BCUT2D eigenvalue weighted by molar-refractivity contribution is 7.89. The second-order valence-corrected chi connectivity index (χ2v) is 7.37. The molecule has 0 radical (unpaired) electrons. The van der Waals surface area contributed by atoms with Gasteiger partial charge >= 0.3 is 0 Å². The molecule has 1 aliphatic carbocycles. The Labute approximate surface area is 140 Å². The summed E-state index contributed by atoms with van der Waals surface area (Å²) in [6.07, 6.45) is 2.86. The van der Waals surface area contributed by atoms with Crippen LogP contribution in [-0.2, 0) is 16.4 Å². The lowest BCUT2D eigenvalue weighted by Gasteiger charge is -2.06. The van der Waals surface area contributed by atoms with Gasteiger partial charge in [0.05, 0.1) is 10.6 Å². The molecule has 126 valence electrons. The first-order valence-corrected chi connectivity index (χ1v) is 9.22. The van der Waals surface area contributed by atoms with Crippen LogP contribution < -0.4 is 10.5 Å². The molecule has 1 aromatic carbocycles. The molecule has 1 aliphatic rings. The van der Waals surface area contributed by atoms with Crippen LogP contribution in [0.15, 0.2) is 41.3 Å². The molecule has 3 N–H and O–H groups in total. The molecule has 1 amide bonds. The van der Waals surface area contributed by atoms with Gasteiger partial charge in [0.25, 0.3) is 5.91 Å². The fourth-order valence-corrected chi connectivity index (χ4v) is 2.83. The number of hydrogen-bond acceptors (Lipinski definition) is 5. The first-order chi connectivity index (χ1) is 11.4. The number of carbonyl (C=O) groups is 1. The van der Waals surface area contributed by atoms with Crippen molar-refractivity contribution in [1.29, 1.82) is 0 Å². The topological polar surface area (TPSA) is 115 Å². The smallest absolute Gasteiger partial charge is 0.271 e. The van der Waals surface area contributed by atoms with Crippen LogP contribution in [0, 0.1) is 0 Å². The lowest BCUT2D eigenvalue weighted by molar-refractivity contribution is 0.0948. The number of carbonyl (C=O) groups excluding carboxylic acids is 1. The minimum absolute atomic E-state index is 0.0707. The van der Waals surface area contributed by atoms with Crippen molar-refractivity contribution in [2.75, 3.05) is 6.54 Å². The summed E-state index contributed by atoms with van der Waals surface area (Å²) < 4.78 is 22.4. The fraction of sp³-hybridized carbons (Fsp3) is 0.312. The molecule has 0 atom stereocenters. The van der Waals surface area contributed by atoms with Gasteiger partial charge in [0.15, 0.2) is 5.69 Å². The Morgan fingerprint density at radius 1 is 1.12 bits per heavy atom. The Hall–Kier alpha value is -2.32. The number of amides is 1. The minimum atomic E-state index is -3.68. The van der Waals surface area contributed by atoms with E-state index in [1.807, 2.05) is 6.07 Å². The molecule has 7 nitrogen and oxygen atoms in total. The highest BCUT2D eigenvalue weighted by atomic mass is 32.2. The molecule has 24 heavy (non-hydrogen) atoms. The third-order valence-electron chi connectivity index (χ3n) is 3.86. The van der Waals surface area contributed by atoms with Crippen molar-refractivity contribution in [3.05, 3.63) is 53.3 Å². The van der Waals surface area contributed by atoms with Gasteiger partial charge in [-0.25, -0.2) is 13.6 Å². The van der Waals surface area contributed by atoms with Crippen molar-refractivity contribution in [1.82, 2.24) is 15.5 Å². The summed E-state index contributed by atoms with van der Waals surface area (Å²) in [4.78, 5) is 12.1. The normalized spacial score (nSPS) is 14.4. The van der Waals surface area contributed by atoms with Crippen molar-refractivity contribution in [2.45, 2.75) is 30.1 Å². The van der Waals surface area contributed by atoms with Crippen LogP contribution in [0.5, 0.6) is 0 Å². The summed E-state index contributed by atoms with van der Waals surface area (Å²) in [5.41, 5.74) is 2.14. The molecule has 1 fully saturated rings. The molecule has 1 saturated carbocycles. The summed E-state index contributed by atoms with van der Waals surface area (Å²) in [7, 11) is -3.68.